The Morgan fingerprint density at radius 2 is 2.13 bits per heavy atom. The predicted molar refractivity (Wildman–Crippen MR) is 87.3 cm³/mol. The highest BCUT2D eigenvalue weighted by Gasteiger charge is 2.27. The predicted octanol–water partition coefficient (Wildman–Crippen LogP) is 1.62. The largest absolute Gasteiger partial charge is 0.497 e. The second kappa shape index (κ2) is 6.83. The van der Waals surface area contributed by atoms with Crippen molar-refractivity contribution in [1.29, 1.82) is 0 Å². The van der Waals surface area contributed by atoms with Crippen LogP contribution in [0.4, 0.5) is 0 Å². The van der Waals surface area contributed by atoms with Gasteiger partial charge in [0.25, 0.3) is 0 Å². The molecule has 2 atom stereocenters. The van der Waals surface area contributed by atoms with E-state index in [2.05, 4.69) is 10.4 Å². The second-order valence-electron chi connectivity index (χ2n) is 5.94. The van der Waals surface area contributed by atoms with Gasteiger partial charge in [-0.05, 0) is 49.6 Å². The standard InChI is InChI=1S/C17H22N4O2/c1-23-16-6-4-15(5-7-16)21-9-8-14(20-21)11-19-17(22)12-2-3-13(18)10-12/h4-9,12-13H,2-3,10-11,18H2,1H3,(H,19,22). The van der Waals surface area contributed by atoms with E-state index in [1.165, 1.54) is 0 Å². The van der Waals surface area contributed by atoms with Crippen LogP contribution in [0, 0.1) is 5.92 Å². The lowest BCUT2D eigenvalue weighted by Crippen LogP contribution is -2.30. The Morgan fingerprint density at radius 3 is 2.78 bits per heavy atom. The number of hydrogen-bond acceptors (Lipinski definition) is 4. The SMILES string of the molecule is COc1ccc(-n2ccc(CNC(=O)C3CCC(N)C3)n2)cc1. The Bertz CT molecular complexity index is 665. The fourth-order valence-corrected chi connectivity index (χ4v) is 2.91. The summed E-state index contributed by atoms with van der Waals surface area (Å²) in [5.41, 5.74) is 7.63. The van der Waals surface area contributed by atoms with Gasteiger partial charge < -0.3 is 15.8 Å². The lowest BCUT2D eigenvalue weighted by Gasteiger charge is -2.09. The molecular weight excluding hydrogens is 292 g/mol. The number of aromatic nitrogens is 2. The average molecular weight is 314 g/mol. The normalized spacial score (nSPS) is 20.4. The topological polar surface area (TPSA) is 82.2 Å². The van der Waals surface area contributed by atoms with Crippen LogP contribution < -0.4 is 15.8 Å². The summed E-state index contributed by atoms with van der Waals surface area (Å²) in [5, 5.41) is 7.44. The zero-order valence-electron chi connectivity index (χ0n) is 13.2. The van der Waals surface area contributed by atoms with Crippen molar-refractivity contribution in [3.63, 3.8) is 0 Å². The van der Waals surface area contributed by atoms with E-state index in [1.54, 1.807) is 11.8 Å². The van der Waals surface area contributed by atoms with Crippen molar-refractivity contribution in [2.24, 2.45) is 11.7 Å². The van der Waals surface area contributed by atoms with Crippen LogP contribution in [0.5, 0.6) is 5.75 Å². The number of ether oxygens (including phenoxy) is 1. The molecule has 2 aromatic rings. The van der Waals surface area contributed by atoms with E-state index in [9.17, 15) is 4.79 Å². The number of rotatable bonds is 5. The molecule has 0 spiro atoms. The number of amides is 1. The van der Waals surface area contributed by atoms with Crippen molar-refractivity contribution in [3.05, 3.63) is 42.2 Å². The average Bonchev–Trinajstić information content (AvgIpc) is 3.22. The van der Waals surface area contributed by atoms with Gasteiger partial charge in [0.15, 0.2) is 0 Å². The van der Waals surface area contributed by atoms with Crippen LogP contribution in [0.3, 0.4) is 0 Å². The van der Waals surface area contributed by atoms with Crippen molar-refractivity contribution in [2.75, 3.05) is 7.11 Å². The Kier molecular flexibility index (Phi) is 4.62. The molecular formula is C17H22N4O2. The molecule has 122 valence electrons. The number of nitrogens with two attached hydrogens (primary N) is 1. The summed E-state index contributed by atoms with van der Waals surface area (Å²) in [6, 6.07) is 9.73. The summed E-state index contributed by atoms with van der Waals surface area (Å²) in [5.74, 6) is 0.939. The van der Waals surface area contributed by atoms with Crippen LogP contribution in [0.2, 0.25) is 0 Å². The summed E-state index contributed by atoms with van der Waals surface area (Å²) in [7, 11) is 1.64. The molecule has 0 radical (unpaired) electrons. The third kappa shape index (κ3) is 3.71. The minimum absolute atomic E-state index is 0.0497. The first kappa shape index (κ1) is 15.6. The van der Waals surface area contributed by atoms with Crippen molar-refractivity contribution < 1.29 is 9.53 Å². The highest BCUT2D eigenvalue weighted by atomic mass is 16.5. The molecule has 1 aromatic carbocycles. The number of nitrogens with one attached hydrogen (secondary N) is 1. The van der Waals surface area contributed by atoms with Gasteiger partial charge in [-0.15, -0.1) is 0 Å². The van der Waals surface area contributed by atoms with E-state index in [1.807, 2.05) is 36.5 Å². The Morgan fingerprint density at radius 1 is 1.35 bits per heavy atom. The Hall–Kier alpha value is -2.34. The van der Waals surface area contributed by atoms with Crippen molar-refractivity contribution in [2.45, 2.75) is 31.8 Å². The van der Waals surface area contributed by atoms with Gasteiger partial charge in [0.1, 0.15) is 5.75 Å². The summed E-state index contributed by atoms with van der Waals surface area (Å²) in [6.07, 6.45) is 4.48. The molecule has 1 aliphatic carbocycles. The number of nitrogens with zero attached hydrogens (tertiary/aromatic N) is 2. The zero-order valence-corrected chi connectivity index (χ0v) is 13.2. The second-order valence-corrected chi connectivity index (χ2v) is 5.94. The van der Waals surface area contributed by atoms with Crippen molar-refractivity contribution in [1.82, 2.24) is 15.1 Å². The monoisotopic (exact) mass is 314 g/mol. The van der Waals surface area contributed by atoms with Crippen LogP contribution in [0.15, 0.2) is 36.5 Å². The van der Waals surface area contributed by atoms with Crippen LogP contribution in [-0.2, 0) is 11.3 Å². The Balaban J connectivity index is 1.57. The highest BCUT2D eigenvalue weighted by Crippen LogP contribution is 2.24. The van der Waals surface area contributed by atoms with Crippen LogP contribution in [0.25, 0.3) is 5.69 Å². The zero-order chi connectivity index (χ0) is 16.2. The summed E-state index contributed by atoms with van der Waals surface area (Å²) < 4.78 is 6.93. The maximum Gasteiger partial charge on any atom is 0.223 e. The number of carbonyl (C=O) groups is 1. The molecule has 3 rings (SSSR count). The molecule has 23 heavy (non-hydrogen) atoms. The van der Waals surface area contributed by atoms with Crippen molar-refractivity contribution >= 4 is 5.91 Å². The summed E-state index contributed by atoms with van der Waals surface area (Å²) in [6.45, 7) is 0.438. The number of carbonyl (C=O) groups excluding carboxylic acids is 1. The van der Waals surface area contributed by atoms with Gasteiger partial charge in [0, 0.05) is 18.2 Å². The van der Waals surface area contributed by atoms with E-state index < -0.39 is 0 Å². The third-order valence-electron chi connectivity index (χ3n) is 4.27. The van der Waals surface area contributed by atoms with Gasteiger partial charge >= 0.3 is 0 Å². The van der Waals surface area contributed by atoms with Crippen LogP contribution in [-0.4, -0.2) is 28.8 Å². The van der Waals surface area contributed by atoms with E-state index >= 15 is 0 Å². The van der Waals surface area contributed by atoms with E-state index in [0.29, 0.717) is 6.54 Å². The first-order chi connectivity index (χ1) is 11.2. The molecule has 0 bridgehead atoms. The van der Waals surface area contributed by atoms with E-state index in [-0.39, 0.29) is 17.9 Å². The highest BCUT2D eigenvalue weighted by molar-refractivity contribution is 5.78. The molecule has 1 aromatic heterocycles. The maximum absolute atomic E-state index is 12.1. The van der Waals surface area contributed by atoms with Crippen LogP contribution >= 0.6 is 0 Å². The molecule has 1 saturated carbocycles. The molecule has 3 N–H and O–H groups in total. The quantitative estimate of drug-likeness (QED) is 0.878. The molecule has 0 aliphatic heterocycles. The van der Waals surface area contributed by atoms with Gasteiger partial charge in [-0.25, -0.2) is 4.68 Å². The number of benzene rings is 1. The molecule has 1 heterocycles. The van der Waals surface area contributed by atoms with Crippen molar-refractivity contribution in [3.8, 4) is 11.4 Å². The van der Waals surface area contributed by atoms with Gasteiger partial charge in [0.05, 0.1) is 25.0 Å². The fraction of sp³-hybridized carbons (Fsp3) is 0.412. The van der Waals surface area contributed by atoms with E-state index in [4.69, 9.17) is 10.5 Å². The maximum atomic E-state index is 12.1. The molecule has 0 saturated heterocycles. The fourth-order valence-electron chi connectivity index (χ4n) is 2.91. The van der Waals surface area contributed by atoms with Gasteiger partial charge in [-0.3, -0.25) is 4.79 Å². The smallest absolute Gasteiger partial charge is 0.223 e. The molecule has 1 amide bonds. The molecule has 1 aliphatic rings. The summed E-state index contributed by atoms with van der Waals surface area (Å²) >= 11 is 0. The van der Waals surface area contributed by atoms with Gasteiger partial charge in [-0.1, -0.05) is 0 Å². The Labute approximate surface area is 135 Å². The lowest BCUT2D eigenvalue weighted by atomic mass is 10.1. The first-order valence-electron chi connectivity index (χ1n) is 7.88. The lowest BCUT2D eigenvalue weighted by molar-refractivity contribution is -0.125. The summed E-state index contributed by atoms with van der Waals surface area (Å²) in [4.78, 5) is 12.1. The van der Waals surface area contributed by atoms with Crippen LogP contribution in [0.1, 0.15) is 25.0 Å². The number of methoxy groups -OCH3 is 1. The van der Waals surface area contributed by atoms with E-state index in [0.717, 1.165) is 36.4 Å². The first-order valence-corrected chi connectivity index (χ1v) is 7.88. The number of hydrogen-bond donors (Lipinski definition) is 2. The molecule has 1 fully saturated rings. The molecule has 6 heteroatoms. The molecule has 6 nitrogen and oxygen atoms in total. The molecule has 2 unspecified atom stereocenters. The van der Waals surface area contributed by atoms with Gasteiger partial charge in [-0.2, -0.15) is 5.10 Å². The third-order valence-corrected chi connectivity index (χ3v) is 4.27. The minimum Gasteiger partial charge on any atom is -0.497 e. The van der Waals surface area contributed by atoms with Gasteiger partial charge in [0.2, 0.25) is 5.91 Å². The minimum atomic E-state index is 0.0497.